The highest BCUT2D eigenvalue weighted by atomic mass is 35.5. The largest absolute Gasteiger partial charge is 0.493 e. The molecule has 8 heteroatoms. The molecule has 6 nitrogen and oxygen atoms in total. The van der Waals surface area contributed by atoms with Crippen LogP contribution in [-0.4, -0.2) is 17.1 Å². The number of anilines is 1. The molecule has 186 valence electrons. The first-order valence-electron chi connectivity index (χ1n) is 11.6. The molecule has 0 saturated heterocycles. The Bertz CT molecular complexity index is 1700. The van der Waals surface area contributed by atoms with Crippen molar-refractivity contribution in [2.75, 3.05) is 11.9 Å². The lowest BCUT2D eigenvalue weighted by Gasteiger charge is -2.07. The minimum Gasteiger partial charge on any atom is -0.493 e. The topological polar surface area (TPSA) is 84.1 Å². The number of halogens is 1. The number of amides is 1. The van der Waals surface area contributed by atoms with Crippen molar-refractivity contribution < 1.29 is 9.53 Å². The second-order valence-electron chi connectivity index (χ2n) is 8.25. The van der Waals surface area contributed by atoms with Crippen LogP contribution in [0.15, 0.2) is 71.5 Å². The lowest BCUT2D eigenvalue weighted by molar-refractivity contribution is -0.111. The lowest BCUT2D eigenvalue weighted by atomic mass is 10.1. The van der Waals surface area contributed by atoms with Gasteiger partial charge < -0.3 is 10.1 Å². The Morgan fingerprint density at radius 3 is 2.54 bits per heavy atom. The molecule has 0 radical (unpaired) electrons. The van der Waals surface area contributed by atoms with E-state index in [0.29, 0.717) is 38.8 Å². The molecule has 0 unspecified atom stereocenters. The summed E-state index contributed by atoms with van der Waals surface area (Å²) in [6, 6.07) is 21.6. The summed E-state index contributed by atoms with van der Waals surface area (Å²) in [6.07, 6.45) is 1.67. The molecule has 1 amide bonds. The molecule has 0 spiro atoms. The second kappa shape index (κ2) is 11.3. The molecule has 0 fully saturated rings. The van der Waals surface area contributed by atoms with Gasteiger partial charge in [-0.25, -0.2) is 0 Å². The molecular formula is C29H24ClN3O3S. The summed E-state index contributed by atoms with van der Waals surface area (Å²) in [5.74, 6) is -0.0227. The lowest BCUT2D eigenvalue weighted by Crippen LogP contribution is -2.32. The third-order valence-corrected chi connectivity index (χ3v) is 7.04. The van der Waals surface area contributed by atoms with Crippen molar-refractivity contribution in [1.29, 1.82) is 5.26 Å². The molecule has 37 heavy (non-hydrogen) atoms. The van der Waals surface area contributed by atoms with Gasteiger partial charge in [-0.15, -0.1) is 11.3 Å². The van der Waals surface area contributed by atoms with Gasteiger partial charge in [0.05, 0.1) is 16.8 Å². The Morgan fingerprint density at radius 2 is 1.86 bits per heavy atom. The zero-order chi connectivity index (χ0) is 26.5. The fraction of sp³-hybridized carbons (Fsp3) is 0.138. The fourth-order valence-corrected chi connectivity index (χ4v) is 5.00. The second-order valence-corrected chi connectivity index (χ2v) is 9.71. The van der Waals surface area contributed by atoms with Crippen molar-refractivity contribution in [3.8, 4) is 17.5 Å². The maximum atomic E-state index is 13.6. The smallest absolute Gasteiger partial charge is 0.273 e. The van der Waals surface area contributed by atoms with E-state index in [-0.39, 0.29) is 15.8 Å². The molecule has 3 aromatic carbocycles. The predicted octanol–water partition coefficient (Wildman–Crippen LogP) is 4.71. The van der Waals surface area contributed by atoms with Crippen LogP contribution in [0.2, 0.25) is 5.02 Å². The maximum absolute atomic E-state index is 13.6. The number of rotatable bonds is 6. The summed E-state index contributed by atoms with van der Waals surface area (Å²) in [6.45, 7) is 6.23. The SMILES string of the molecule is CCOc1ccc(Cl)cc1/C=c1/s/c(=C(\C#N)C(=O)Nc2ccc(C)c(C)c2)n(-c2ccccc2)c1=O. The Balaban J connectivity index is 1.96. The van der Waals surface area contributed by atoms with Gasteiger partial charge in [0, 0.05) is 16.3 Å². The van der Waals surface area contributed by atoms with Crippen molar-refractivity contribution in [3.63, 3.8) is 0 Å². The first kappa shape index (κ1) is 26.0. The summed E-state index contributed by atoms with van der Waals surface area (Å²) in [5, 5.41) is 13.3. The average molecular weight is 530 g/mol. The van der Waals surface area contributed by atoms with Crippen LogP contribution in [0, 0.1) is 25.2 Å². The first-order valence-corrected chi connectivity index (χ1v) is 12.8. The van der Waals surface area contributed by atoms with E-state index in [1.807, 2.05) is 45.0 Å². The van der Waals surface area contributed by atoms with Gasteiger partial charge in [-0.05, 0) is 80.4 Å². The highest BCUT2D eigenvalue weighted by Crippen LogP contribution is 2.23. The molecule has 4 rings (SSSR count). The first-order chi connectivity index (χ1) is 17.8. The van der Waals surface area contributed by atoms with Gasteiger partial charge >= 0.3 is 0 Å². The molecule has 4 aromatic rings. The van der Waals surface area contributed by atoms with Crippen LogP contribution in [0.1, 0.15) is 23.6 Å². The summed E-state index contributed by atoms with van der Waals surface area (Å²) < 4.78 is 7.65. The molecule has 0 aliphatic heterocycles. The predicted molar refractivity (Wildman–Crippen MR) is 149 cm³/mol. The quantitative estimate of drug-likeness (QED) is 0.392. The molecular weight excluding hydrogens is 506 g/mol. The highest BCUT2D eigenvalue weighted by Gasteiger charge is 2.18. The Kier molecular flexibility index (Phi) is 7.92. The van der Waals surface area contributed by atoms with E-state index < -0.39 is 5.91 Å². The van der Waals surface area contributed by atoms with Crippen LogP contribution in [-0.2, 0) is 4.79 Å². The number of ether oxygens (including phenoxy) is 1. The summed E-state index contributed by atoms with van der Waals surface area (Å²) >= 11 is 7.27. The van der Waals surface area contributed by atoms with E-state index in [9.17, 15) is 14.9 Å². The number of carbonyl (C=O) groups is 1. The number of nitrogens with zero attached hydrogens (tertiary/aromatic N) is 2. The number of aromatic nitrogens is 1. The third kappa shape index (κ3) is 5.67. The minimum atomic E-state index is -0.596. The monoisotopic (exact) mass is 529 g/mol. The van der Waals surface area contributed by atoms with Crippen molar-refractivity contribution >= 4 is 46.2 Å². The molecule has 1 N–H and O–H groups in total. The van der Waals surface area contributed by atoms with E-state index in [1.165, 1.54) is 4.57 Å². The van der Waals surface area contributed by atoms with Gasteiger partial charge in [0.15, 0.2) is 5.57 Å². The van der Waals surface area contributed by atoms with E-state index in [4.69, 9.17) is 16.3 Å². The van der Waals surface area contributed by atoms with Gasteiger partial charge in [-0.3, -0.25) is 14.2 Å². The van der Waals surface area contributed by atoms with Crippen LogP contribution >= 0.6 is 22.9 Å². The number of carbonyl (C=O) groups excluding carboxylic acids is 1. The summed E-state index contributed by atoms with van der Waals surface area (Å²) in [4.78, 5) is 26.9. The normalized spacial score (nSPS) is 12.1. The Labute approximate surface area is 223 Å². The Hall–Kier alpha value is -4.12. The van der Waals surface area contributed by atoms with Crippen molar-refractivity contribution in [2.24, 2.45) is 0 Å². The van der Waals surface area contributed by atoms with Gasteiger partial charge in [0.2, 0.25) is 0 Å². The standard InChI is InChI=1S/C29H24ClN3O3S/c1-4-36-25-13-11-21(30)15-20(25)16-26-28(35)33(23-8-6-5-7-9-23)29(37-26)24(17-31)27(34)32-22-12-10-18(2)19(3)14-22/h5-16H,4H2,1-3H3,(H,32,34)/b26-16+,29-24+. The van der Waals surface area contributed by atoms with Gasteiger partial charge in [-0.1, -0.05) is 35.9 Å². The van der Waals surface area contributed by atoms with E-state index in [2.05, 4.69) is 5.32 Å². The highest BCUT2D eigenvalue weighted by molar-refractivity contribution is 7.07. The Morgan fingerprint density at radius 1 is 1.11 bits per heavy atom. The van der Waals surface area contributed by atoms with E-state index >= 15 is 0 Å². The van der Waals surface area contributed by atoms with Crippen molar-refractivity contribution in [1.82, 2.24) is 4.57 Å². The number of hydrogen-bond acceptors (Lipinski definition) is 5. The van der Waals surface area contributed by atoms with E-state index in [1.54, 1.807) is 54.6 Å². The van der Waals surface area contributed by atoms with Gasteiger partial charge in [0.1, 0.15) is 16.5 Å². The molecule has 1 heterocycles. The van der Waals surface area contributed by atoms with Crippen LogP contribution < -0.4 is 24.8 Å². The van der Waals surface area contributed by atoms with Crippen LogP contribution in [0.5, 0.6) is 5.75 Å². The average Bonchev–Trinajstić information content (AvgIpc) is 3.19. The van der Waals surface area contributed by atoms with Crippen LogP contribution in [0.25, 0.3) is 17.3 Å². The summed E-state index contributed by atoms with van der Waals surface area (Å²) in [5.41, 5.74) is 3.31. The number of thiazole rings is 1. The number of para-hydroxylation sites is 1. The summed E-state index contributed by atoms with van der Waals surface area (Å²) in [7, 11) is 0. The minimum absolute atomic E-state index is 0.167. The van der Waals surface area contributed by atoms with Gasteiger partial charge in [-0.2, -0.15) is 5.26 Å². The fourth-order valence-electron chi connectivity index (χ4n) is 3.73. The third-order valence-electron chi connectivity index (χ3n) is 5.71. The molecule has 0 aliphatic rings. The maximum Gasteiger partial charge on any atom is 0.273 e. The van der Waals surface area contributed by atoms with Crippen molar-refractivity contribution in [3.05, 3.63) is 108 Å². The van der Waals surface area contributed by atoms with Crippen molar-refractivity contribution in [2.45, 2.75) is 20.8 Å². The van der Waals surface area contributed by atoms with Gasteiger partial charge in [0.25, 0.3) is 11.5 Å². The van der Waals surface area contributed by atoms with Crippen LogP contribution in [0.3, 0.4) is 0 Å². The number of nitriles is 1. The molecule has 0 atom stereocenters. The number of nitrogens with one attached hydrogen (secondary N) is 1. The number of aryl methyl sites for hydroxylation is 2. The number of benzene rings is 3. The molecule has 0 bridgehead atoms. The molecule has 0 aliphatic carbocycles. The zero-order valence-corrected chi connectivity index (χ0v) is 22.1. The van der Waals surface area contributed by atoms with Crippen LogP contribution in [0.4, 0.5) is 5.69 Å². The molecule has 1 aromatic heterocycles. The molecule has 0 saturated carbocycles. The number of hydrogen-bond donors (Lipinski definition) is 1. The zero-order valence-electron chi connectivity index (χ0n) is 20.5. The van der Waals surface area contributed by atoms with E-state index in [0.717, 1.165) is 22.5 Å².